The Kier molecular flexibility index (Phi) is 5.30. The van der Waals surface area contributed by atoms with Crippen molar-refractivity contribution in [2.45, 2.75) is 37.9 Å². The summed E-state index contributed by atoms with van der Waals surface area (Å²) in [7, 11) is 1.48. The summed E-state index contributed by atoms with van der Waals surface area (Å²) in [5.74, 6) is -1.46. The molecule has 0 unspecified atom stereocenters. The fraction of sp³-hybridized carbons (Fsp3) is 0.765. The highest BCUT2D eigenvalue weighted by atomic mass is 19.4. The van der Waals surface area contributed by atoms with Crippen LogP contribution in [0.25, 0.3) is 0 Å². The average Bonchev–Trinajstić information content (AvgIpc) is 3.06. The van der Waals surface area contributed by atoms with Crippen LogP contribution in [0.3, 0.4) is 0 Å². The molecule has 9 heteroatoms. The zero-order valence-electron chi connectivity index (χ0n) is 15.1. The van der Waals surface area contributed by atoms with E-state index in [1.807, 2.05) is 9.80 Å². The first-order valence-corrected chi connectivity index (χ1v) is 8.89. The Morgan fingerprint density at radius 2 is 2.08 bits per heavy atom. The molecule has 3 rings (SSSR count). The number of ether oxygens (including phenoxy) is 1. The van der Waals surface area contributed by atoms with E-state index in [-0.39, 0.29) is 19.1 Å². The van der Waals surface area contributed by atoms with Crippen molar-refractivity contribution in [1.82, 2.24) is 19.8 Å². The summed E-state index contributed by atoms with van der Waals surface area (Å²) in [5.41, 5.74) is 1.32. The second kappa shape index (κ2) is 7.19. The van der Waals surface area contributed by atoms with Gasteiger partial charge in [-0.05, 0) is 12.8 Å². The number of methoxy groups -OCH3 is 1. The fourth-order valence-electron chi connectivity index (χ4n) is 4.15. The number of halogens is 3. The molecule has 2 aliphatic heterocycles. The first-order chi connectivity index (χ1) is 12.3. The molecule has 1 spiro atoms. The van der Waals surface area contributed by atoms with Gasteiger partial charge < -0.3 is 19.5 Å². The Bertz CT molecular complexity index is 638. The number of likely N-dealkylation sites (tertiary alicyclic amines) is 1. The van der Waals surface area contributed by atoms with Crippen molar-refractivity contribution in [3.63, 3.8) is 0 Å². The monoisotopic (exact) mass is 374 g/mol. The van der Waals surface area contributed by atoms with E-state index >= 15 is 0 Å². The summed E-state index contributed by atoms with van der Waals surface area (Å²) in [6.07, 6.45) is -0.707. The van der Waals surface area contributed by atoms with Crippen molar-refractivity contribution >= 4 is 5.91 Å². The molecule has 1 aromatic heterocycles. The van der Waals surface area contributed by atoms with Gasteiger partial charge in [0, 0.05) is 45.4 Å². The zero-order chi connectivity index (χ0) is 18.9. The van der Waals surface area contributed by atoms with E-state index in [1.54, 1.807) is 6.33 Å². The maximum atomic E-state index is 12.9. The number of alkyl halides is 3. The Labute approximate surface area is 150 Å². The molecule has 1 fully saturated rings. The Morgan fingerprint density at radius 1 is 1.38 bits per heavy atom. The van der Waals surface area contributed by atoms with Gasteiger partial charge in [0.2, 0.25) is 5.91 Å². The minimum Gasteiger partial charge on any atom is -0.375 e. The quantitative estimate of drug-likeness (QED) is 0.875. The van der Waals surface area contributed by atoms with E-state index in [0.29, 0.717) is 38.9 Å². The number of amides is 1. The summed E-state index contributed by atoms with van der Waals surface area (Å²) in [6, 6.07) is 0. The van der Waals surface area contributed by atoms with E-state index < -0.39 is 17.6 Å². The first kappa shape index (κ1) is 19.2. The lowest BCUT2D eigenvalue weighted by Gasteiger charge is -2.50. The smallest absolute Gasteiger partial charge is 0.375 e. The fourth-order valence-corrected chi connectivity index (χ4v) is 4.15. The van der Waals surface area contributed by atoms with Crippen LogP contribution in [0.5, 0.6) is 0 Å². The maximum Gasteiger partial charge on any atom is 0.392 e. The Hall–Kier alpha value is -1.61. The van der Waals surface area contributed by atoms with Gasteiger partial charge in [-0.3, -0.25) is 4.79 Å². The van der Waals surface area contributed by atoms with Crippen molar-refractivity contribution in [3.8, 4) is 0 Å². The third-order valence-corrected chi connectivity index (χ3v) is 5.60. The van der Waals surface area contributed by atoms with Crippen LogP contribution >= 0.6 is 0 Å². The number of nitrogens with zero attached hydrogens (tertiary/aromatic N) is 3. The molecular formula is C17H25F3N4O2. The molecule has 1 aromatic rings. The number of rotatable bonds is 4. The summed E-state index contributed by atoms with van der Waals surface area (Å²) >= 11 is 0. The largest absolute Gasteiger partial charge is 0.392 e. The van der Waals surface area contributed by atoms with E-state index in [9.17, 15) is 18.0 Å². The van der Waals surface area contributed by atoms with Gasteiger partial charge >= 0.3 is 6.18 Å². The maximum absolute atomic E-state index is 12.9. The van der Waals surface area contributed by atoms with Crippen molar-refractivity contribution in [2.75, 3.05) is 39.9 Å². The summed E-state index contributed by atoms with van der Waals surface area (Å²) in [6.45, 7) is 2.77. The van der Waals surface area contributed by atoms with E-state index in [0.717, 1.165) is 11.4 Å². The average molecular weight is 374 g/mol. The lowest BCUT2D eigenvalue weighted by Crippen LogP contribution is -2.59. The summed E-state index contributed by atoms with van der Waals surface area (Å²) < 4.78 is 43.6. The standard InChI is InChI=1S/C17H25F3N4O2/c1-12(17(18,19)20)9-23-7-4-16(5-8-23)15-13(21-11-22-15)3-6-24(16)14(25)10-26-2/h11-12H,3-10H2,1-2H3,(H,21,22)/t12-/m1/s1. The number of imidazole rings is 1. The third-order valence-electron chi connectivity index (χ3n) is 5.60. The van der Waals surface area contributed by atoms with E-state index in [2.05, 4.69) is 9.97 Å². The number of nitrogens with one attached hydrogen (secondary N) is 1. The van der Waals surface area contributed by atoms with Gasteiger partial charge in [0.25, 0.3) is 0 Å². The number of H-pyrrole nitrogens is 1. The topological polar surface area (TPSA) is 61.5 Å². The number of hydrogen-bond donors (Lipinski definition) is 1. The molecule has 1 atom stereocenters. The number of aromatic nitrogens is 2. The Balaban J connectivity index is 1.78. The van der Waals surface area contributed by atoms with Gasteiger partial charge in [-0.1, -0.05) is 6.92 Å². The number of carbonyl (C=O) groups excluding carboxylic acids is 1. The second-order valence-electron chi connectivity index (χ2n) is 7.23. The minimum atomic E-state index is -4.18. The molecule has 0 aliphatic carbocycles. The van der Waals surface area contributed by atoms with Crippen molar-refractivity contribution in [3.05, 3.63) is 17.7 Å². The van der Waals surface area contributed by atoms with E-state index in [4.69, 9.17) is 4.74 Å². The van der Waals surface area contributed by atoms with Crippen LogP contribution in [0.1, 0.15) is 31.2 Å². The van der Waals surface area contributed by atoms with Crippen LogP contribution < -0.4 is 0 Å². The van der Waals surface area contributed by atoms with Gasteiger partial charge in [-0.15, -0.1) is 0 Å². The van der Waals surface area contributed by atoms with Crippen LogP contribution in [-0.4, -0.2) is 71.7 Å². The van der Waals surface area contributed by atoms with Crippen LogP contribution in [0.15, 0.2) is 6.33 Å². The first-order valence-electron chi connectivity index (χ1n) is 8.89. The molecule has 0 radical (unpaired) electrons. The number of hydrogen-bond acceptors (Lipinski definition) is 4. The van der Waals surface area contributed by atoms with Crippen molar-refractivity contribution < 1.29 is 22.7 Å². The lowest BCUT2D eigenvalue weighted by molar-refractivity contribution is -0.175. The second-order valence-corrected chi connectivity index (χ2v) is 7.23. The molecule has 0 aromatic carbocycles. The Morgan fingerprint density at radius 3 is 2.69 bits per heavy atom. The van der Waals surface area contributed by atoms with Gasteiger partial charge in [0.1, 0.15) is 6.61 Å². The third kappa shape index (κ3) is 3.46. The number of carbonyl (C=O) groups is 1. The molecule has 1 amide bonds. The van der Waals surface area contributed by atoms with E-state index in [1.165, 1.54) is 14.0 Å². The molecule has 0 saturated carbocycles. The molecule has 146 valence electrons. The van der Waals surface area contributed by atoms with Gasteiger partial charge in [0.05, 0.1) is 23.5 Å². The van der Waals surface area contributed by atoms with Gasteiger partial charge in [0.15, 0.2) is 0 Å². The highest BCUT2D eigenvalue weighted by Gasteiger charge is 2.49. The molecule has 2 aliphatic rings. The van der Waals surface area contributed by atoms with Gasteiger partial charge in [-0.2, -0.15) is 13.2 Å². The van der Waals surface area contributed by atoms with Crippen LogP contribution in [0, 0.1) is 5.92 Å². The molecular weight excluding hydrogens is 349 g/mol. The van der Waals surface area contributed by atoms with Crippen LogP contribution in [-0.2, 0) is 21.5 Å². The highest BCUT2D eigenvalue weighted by Crippen LogP contribution is 2.42. The molecule has 0 bridgehead atoms. The summed E-state index contributed by atoms with van der Waals surface area (Å²) in [4.78, 5) is 23.9. The zero-order valence-corrected chi connectivity index (χ0v) is 15.1. The normalized spacial score (nSPS) is 21.7. The summed E-state index contributed by atoms with van der Waals surface area (Å²) in [5, 5.41) is 0. The number of piperidine rings is 1. The van der Waals surface area contributed by atoms with Crippen LogP contribution in [0.4, 0.5) is 13.2 Å². The molecule has 3 heterocycles. The molecule has 1 saturated heterocycles. The van der Waals surface area contributed by atoms with Crippen molar-refractivity contribution in [2.24, 2.45) is 5.92 Å². The molecule has 1 N–H and O–H groups in total. The van der Waals surface area contributed by atoms with Crippen molar-refractivity contribution in [1.29, 1.82) is 0 Å². The number of fused-ring (bicyclic) bond motifs is 2. The predicted molar refractivity (Wildman–Crippen MR) is 88.5 cm³/mol. The minimum absolute atomic E-state index is 0.00364. The highest BCUT2D eigenvalue weighted by molar-refractivity contribution is 5.79. The van der Waals surface area contributed by atoms with Gasteiger partial charge in [-0.25, -0.2) is 4.98 Å². The predicted octanol–water partition coefficient (Wildman–Crippen LogP) is 1.93. The molecule has 26 heavy (non-hydrogen) atoms. The lowest BCUT2D eigenvalue weighted by atomic mass is 9.78. The molecule has 6 nitrogen and oxygen atoms in total. The van der Waals surface area contributed by atoms with Crippen LogP contribution in [0.2, 0.25) is 0 Å². The SMILES string of the molecule is COCC(=O)N1CCc2[nH]cnc2C12CCN(C[C@@H](C)C(F)(F)F)CC2. The number of aromatic amines is 1.